The summed E-state index contributed by atoms with van der Waals surface area (Å²) in [6, 6.07) is 2.18. The van der Waals surface area contributed by atoms with Crippen molar-refractivity contribution in [3.63, 3.8) is 0 Å². The molecule has 0 spiro atoms. The highest BCUT2D eigenvalue weighted by atomic mass is 16.5. The van der Waals surface area contributed by atoms with Gasteiger partial charge in [0.2, 0.25) is 0 Å². The van der Waals surface area contributed by atoms with Gasteiger partial charge >= 0.3 is 5.97 Å². The highest BCUT2D eigenvalue weighted by Crippen LogP contribution is 2.00. The largest absolute Gasteiger partial charge is 0.466 e. The molecule has 0 aliphatic heterocycles. The standard InChI is InChI=1S/C11H20N2O2/c1-4-13(9-10(3)8-12)7-6-11(14)15-5-2/h10H,4-7,9H2,1-3H3. The van der Waals surface area contributed by atoms with E-state index in [4.69, 9.17) is 10.00 Å². The first-order chi connectivity index (χ1) is 7.13. The highest BCUT2D eigenvalue weighted by Gasteiger charge is 2.10. The van der Waals surface area contributed by atoms with E-state index in [1.54, 1.807) is 6.92 Å². The zero-order valence-electron chi connectivity index (χ0n) is 9.82. The molecule has 0 bridgehead atoms. The Morgan fingerprint density at radius 2 is 2.20 bits per heavy atom. The van der Waals surface area contributed by atoms with Gasteiger partial charge in [-0.05, 0) is 20.4 Å². The van der Waals surface area contributed by atoms with Crippen molar-refractivity contribution < 1.29 is 9.53 Å². The number of rotatable bonds is 7. The Hall–Kier alpha value is -1.08. The predicted molar refractivity (Wildman–Crippen MR) is 58.1 cm³/mol. The molecule has 0 saturated carbocycles. The molecule has 1 atom stereocenters. The van der Waals surface area contributed by atoms with Crippen LogP contribution in [0.25, 0.3) is 0 Å². The third-order valence-electron chi connectivity index (χ3n) is 2.14. The van der Waals surface area contributed by atoms with Crippen molar-refractivity contribution in [1.82, 2.24) is 4.90 Å². The Balaban J connectivity index is 3.80. The van der Waals surface area contributed by atoms with Crippen LogP contribution in [-0.2, 0) is 9.53 Å². The monoisotopic (exact) mass is 212 g/mol. The van der Waals surface area contributed by atoms with Crippen LogP contribution in [0.1, 0.15) is 27.2 Å². The van der Waals surface area contributed by atoms with E-state index in [1.807, 2.05) is 13.8 Å². The molecular weight excluding hydrogens is 192 g/mol. The first-order valence-electron chi connectivity index (χ1n) is 5.41. The first-order valence-corrected chi connectivity index (χ1v) is 5.41. The maximum absolute atomic E-state index is 11.1. The number of hydrogen-bond acceptors (Lipinski definition) is 4. The van der Waals surface area contributed by atoms with Crippen LogP contribution >= 0.6 is 0 Å². The summed E-state index contributed by atoms with van der Waals surface area (Å²) in [6.07, 6.45) is 0.403. The molecule has 0 amide bonds. The third kappa shape index (κ3) is 6.92. The summed E-state index contributed by atoms with van der Waals surface area (Å²) >= 11 is 0. The summed E-state index contributed by atoms with van der Waals surface area (Å²) in [5.74, 6) is -0.160. The van der Waals surface area contributed by atoms with Crippen LogP contribution < -0.4 is 0 Å². The zero-order chi connectivity index (χ0) is 11.7. The van der Waals surface area contributed by atoms with Gasteiger partial charge < -0.3 is 9.64 Å². The van der Waals surface area contributed by atoms with E-state index >= 15 is 0 Å². The van der Waals surface area contributed by atoms with E-state index in [1.165, 1.54) is 0 Å². The summed E-state index contributed by atoms with van der Waals surface area (Å²) in [4.78, 5) is 13.2. The van der Waals surface area contributed by atoms with Crippen LogP contribution in [0.3, 0.4) is 0 Å². The Morgan fingerprint density at radius 1 is 1.53 bits per heavy atom. The van der Waals surface area contributed by atoms with Gasteiger partial charge in [0.15, 0.2) is 0 Å². The minimum Gasteiger partial charge on any atom is -0.466 e. The highest BCUT2D eigenvalue weighted by molar-refractivity contribution is 5.69. The predicted octanol–water partition coefficient (Wildman–Crippen LogP) is 1.42. The molecule has 0 aromatic rings. The molecule has 0 heterocycles. The van der Waals surface area contributed by atoms with Crippen LogP contribution in [0, 0.1) is 17.2 Å². The van der Waals surface area contributed by atoms with Crippen LogP contribution in [0.5, 0.6) is 0 Å². The number of carbonyl (C=O) groups excluding carboxylic acids is 1. The number of esters is 1. The Bertz CT molecular complexity index is 223. The summed E-state index contributed by atoms with van der Waals surface area (Å²) < 4.78 is 4.84. The Morgan fingerprint density at radius 3 is 2.67 bits per heavy atom. The summed E-state index contributed by atoms with van der Waals surface area (Å²) in [5, 5.41) is 8.67. The molecule has 0 saturated heterocycles. The SMILES string of the molecule is CCOC(=O)CCN(CC)CC(C)C#N. The average Bonchev–Trinajstić information content (AvgIpc) is 2.24. The number of hydrogen-bond donors (Lipinski definition) is 0. The zero-order valence-corrected chi connectivity index (χ0v) is 9.82. The molecule has 0 fully saturated rings. The van der Waals surface area contributed by atoms with Crippen LogP contribution in [0.15, 0.2) is 0 Å². The van der Waals surface area contributed by atoms with Crippen LogP contribution in [0.4, 0.5) is 0 Å². The molecule has 15 heavy (non-hydrogen) atoms. The minimum absolute atomic E-state index is 0.00662. The van der Waals surface area contributed by atoms with Crippen molar-refractivity contribution in [1.29, 1.82) is 5.26 Å². The molecular formula is C11H20N2O2. The van der Waals surface area contributed by atoms with Crippen molar-refractivity contribution in [2.75, 3.05) is 26.2 Å². The van der Waals surface area contributed by atoms with Gasteiger partial charge in [0.05, 0.1) is 25.0 Å². The van der Waals surface area contributed by atoms with E-state index in [-0.39, 0.29) is 11.9 Å². The van der Waals surface area contributed by atoms with Crippen molar-refractivity contribution in [2.24, 2.45) is 5.92 Å². The van der Waals surface area contributed by atoms with Crippen LogP contribution in [-0.4, -0.2) is 37.1 Å². The van der Waals surface area contributed by atoms with Crippen LogP contribution in [0.2, 0.25) is 0 Å². The summed E-state index contributed by atoms with van der Waals surface area (Å²) in [6.45, 7) is 8.37. The van der Waals surface area contributed by atoms with Gasteiger partial charge in [-0.3, -0.25) is 4.79 Å². The molecule has 0 aromatic heterocycles. The molecule has 0 N–H and O–H groups in total. The lowest BCUT2D eigenvalue weighted by Gasteiger charge is -2.20. The van der Waals surface area contributed by atoms with Crippen molar-refractivity contribution in [3.05, 3.63) is 0 Å². The third-order valence-corrected chi connectivity index (χ3v) is 2.14. The fraction of sp³-hybridized carbons (Fsp3) is 0.818. The second-order valence-electron chi connectivity index (χ2n) is 3.48. The van der Waals surface area contributed by atoms with E-state index in [9.17, 15) is 4.79 Å². The molecule has 4 nitrogen and oxygen atoms in total. The maximum atomic E-state index is 11.1. The van der Waals surface area contributed by atoms with Gasteiger partial charge in [-0.1, -0.05) is 6.92 Å². The first kappa shape index (κ1) is 13.9. The molecule has 86 valence electrons. The van der Waals surface area contributed by atoms with Gasteiger partial charge in [0.25, 0.3) is 0 Å². The lowest BCUT2D eigenvalue weighted by atomic mass is 10.2. The number of carbonyl (C=O) groups is 1. The fourth-order valence-corrected chi connectivity index (χ4v) is 1.29. The molecule has 4 heteroatoms. The number of nitrogens with zero attached hydrogens (tertiary/aromatic N) is 2. The summed E-state index contributed by atoms with van der Waals surface area (Å²) in [5.41, 5.74) is 0. The van der Waals surface area contributed by atoms with Gasteiger partial charge in [-0.2, -0.15) is 5.26 Å². The van der Waals surface area contributed by atoms with Crippen molar-refractivity contribution in [3.8, 4) is 6.07 Å². The van der Waals surface area contributed by atoms with E-state index in [0.29, 0.717) is 26.1 Å². The maximum Gasteiger partial charge on any atom is 0.307 e. The molecule has 0 aromatic carbocycles. The number of ether oxygens (including phenoxy) is 1. The molecule has 1 unspecified atom stereocenters. The van der Waals surface area contributed by atoms with Gasteiger partial charge in [0.1, 0.15) is 0 Å². The fourth-order valence-electron chi connectivity index (χ4n) is 1.29. The lowest BCUT2D eigenvalue weighted by molar-refractivity contribution is -0.143. The van der Waals surface area contributed by atoms with Gasteiger partial charge in [-0.15, -0.1) is 0 Å². The lowest BCUT2D eigenvalue weighted by Crippen LogP contribution is -2.30. The topological polar surface area (TPSA) is 53.3 Å². The normalized spacial score (nSPS) is 12.2. The Labute approximate surface area is 91.8 Å². The molecule has 0 radical (unpaired) electrons. The minimum atomic E-state index is -0.166. The van der Waals surface area contributed by atoms with Gasteiger partial charge in [-0.25, -0.2) is 0 Å². The average molecular weight is 212 g/mol. The molecule has 0 aliphatic carbocycles. The molecule has 0 aliphatic rings. The number of nitriles is 1. The van der Waals surface area contributed by atoms with Crippen molar-refractivity contribution >= 4 is 5.97 Å². The second-order valence-corrected chi connectivity index (χ2v) is 3.48. The van der Waals surface area contributed by atoms with E-state index < -0.39 is 0 Å². The smallest absolute Gasteiger partial charge is 0.307 e. The molecule has 0 rings (SSSR count). The Kier molecular flexibility index (Phi) is 7.65. The van der Waals surface area contributed by atoms with E-state index in [2.05, 4.69) is 11.0 Å². The van der Waals surface area contributed by atoms with Gasteiger partial charge in [0, 0.05) is 13.1 Å². The summed E-state index contributed by atoms with van der Waals surface area (Å²) in [7, 11) is 0. The quantitative estimate of drug-likeness (QED) is 0.599. The second kappa shape index (κ2) is 8.25. The van der Waals surface area contributed by atoms with E-state index in [0.717, 1.165) is 6.54 Å². The van der Waals surface area contributed by atoms with Crippen molar-refractivity contribution in [2.45, 2.75) is 27.2 Å².